The molecule has 0 saturated heterocycles. The molecular formula is C18H17N3O7. The summed E-state index contributed by atoms with van der Waals surface area (Å²) in [7, 11) is 1.48. The van der Waals surface area contributed by atoms with Gasteiger partial charge in [-0.05, 0) is 17.7 Å². The number of aliphatic hydroxyl groups excluding tert-OH is 1. The van der Waals surface area contributed by atoms with Gasteiger partial charge in [0.1, 0.15) is 23.6 Å². The number of nitrogens with one attached hydrogen (secondary N) is 2. The Labute approximate surface area is 158 Å². The molecule has 0 aliphatic carbocycles. The Bertz CT molecular complexity index is 1040. The summed E-state index contributed by atoms with van der Waals surface area (Å²) in [6.45, 7) is -0.621. The van der Waals surface area contributed by atoms with Gasteiger partial charge in [-0.2, -0.15) is 0 Å². The topological polar surface area (TPSA) is 144 Å². The molecule has 0 radical (unpaired) electrons. The molecule has 0 unspecified atom stereocenters. The number of aromatic nitrogens is 1. The van der Waals surface area contributed by atoms with Gasteiger partial charge in [0.2, 0.25) is 5.91 Å². The van der Waals surface area contributed by atoms with E-state index in [1.54, 1.807) is 18.2 Å². The third-order valence-electron chi connectivity index (χ3n) is 3.91. The largest absolute Gasteiger partial charge is 0.497 e. The molecule has 146 valence electrons. The number of hydrogen-bond donors (Lipinski definition) is 3. The highest BCUT2D eigenvalue weighted by Crippen LogP contribution is 2.22. The lowest BCUT2D eigenvalue weighted by Gasteiger charge is -2.15. The maximum absolute atomic E-state index is 12.4. The van der Waals surface area contributed by atoms with Crippen LogP contribution in [0.25, 0.3) is 11.0 Å². The second kappa shape index (κ2) is 8.35. The fourth-order valence-electron chi connectivity index (χ4n) is 2.59. The monoisotopic (exact) mass is 387 g/mol. The van der Waals surface area contributed by atoms with E-state index in [2.05, 4.69) is 20.3 Å². The van der Waals surface area contributed by atoms with E-state index in [0.717, 1.165) is 0 Å². The summed E-state index contributed by atoms with van der Waals surface area (Å²) in [4.78, 5) is 36.3. The van der Waals surface area contributed by atoms with Crippen LogP contribution in [0.4, 0.5) is 5.82 Å². The van der Waals surface area contributed by atoms with Crippen molar-refractivity contribution in [2.75, 3.05) is 19.0 Å². The number of rotatable bonds is 7. The highest BCUT2D eigenvalue weighted by atomic mass is 16.5. The van der Waals surface area contributed by atoms with Crippen LogP contribution in [0.3, 0.4) is 0 Å². The minimum Gasteiger partial charge on any atom is -0.497 e. The first-order valence-corrected chi connectivity index (χ1v) is 8.22. The molecule has 1 atom stereocenters. The summed E-state index contributed by atoms with van der Waals surface area (Å²) in [6, 6.07) is 6.30. The minimum absolute atomic E-state index is 0.151. The zero-order chi connectivity index (χ0) is 20.1. The van der Waals surface area contributed by atoms with E-state index in [1.807, 2.05) is 0 Å². The van der Waals surface area contributed by atoms with Gasteiger partial charge in [0.15, 0.2) is 5.82 Å². The first kappa shape index (κ1) is 19.1. The normalized spacial score (nSPS) is 11.8. The van der Waals surface area contributed by atoms with E-state index in [0.29, 0.717) is 16.7 Å². The summed E-state index contributed by atoms with van der Waals surface area (Å²) in [6.07, 6.45) is 1.07. The van der Waals surface area contributed by atoms with Crippen molar-refractivity contribution in [3.05, 3.63) is 52.6 Å². The average molecular weight is 387 g/mol. The molecule has 0 bridgehead atoms. The predicted octanol–water partition coefficient (Wildman–Crippen LogP) is 0.448. The average Bonchev–Trinajstić information content (AvgIpc) is 3.18. The molecule has 0 saturated carbocycles. The quantitative estimate of drug-likeness (QED) is 0.496. The molecule has 0 aliphatic rings. The predicted molar refractivity (Wildman–Crippen MR) is 96.9 cm³/mol. The van der Waals surface area contributed by atoms with E-state index >= 15 is 0 Å². The van der Waals surface area contributed by atoms with Crippen LogP contribution in [0.5, 0.6) is 5.75 Å². The van der Waals surface area contributed by atoms with Crippen LogP contribution in [-0.2, 0) is 16.0 Å². The first-order valence-electron chi connectivity index (χ1n) is 8.22. The number of hydrogen-bond acceptors (Lipinski definition) is 8. The number of nitrogens with zero attached hydrogens (tertiary/aromatic N) is 1. The van der Waals surface area contributed by atoms with E-state index < -0.39 is 30.1 Å². The minimum atomic E-state index is -1.20. The van der Waals surface area contributed by atoms with Crippen molar-refractivity contribution in [2.45, 2.75) is 12.5 Å². The highest BCUT2D eigenvalue weighted by Gasteiger charge is 2.21. The fourth-order valence-corrected chi connectivity index (χ4v) is 2.59. The molecule has 3 rings (SSSR count). The van der Waals surface area contributed by atoms with E-state index in [9.17, 15) is 19.5 Å². The molecule has 2 amide bonds. The molecule has 10 nitrogen and oxygen atoms in total. The Morgan fingerprint density at radius 3 is 2.79 bits per heavy atom. The number of aliphatic hydroxyl groups is 1. The molecule has 3 aromatic rings. The Kier molecular flexibility index (Phi) is 5.70. The fraction of sp³-hybridized carbons (Fsp3) is 0.222. The van der Waals surface area contributed by atoms with Crippen molar-refractivity contribution < 1.29 is 28.4 Å². The third kappa shape index (κ3) is 4.35. The summed E-state index contributed by atoms with van der Waals surface area (Å²) in [5.74, 6) is -0.565. The Balaban J connectivity index is 1.74. The van der Waals surface area contributed by atoms with Gasteiger partial charge in [-0.1, -0.05) is 5.16 Å². The van der Waals surface area contributed by atoms with Gasteiger partial charge < -0.3 is 29.4 Å². The number of carbonyl (C=O) groups is 2. The van der Waals surface area contributed by atoms with Gasteiger partial charge >= 0.3 is 5.63 Å². The Morgan fingerprint density at radius 1 is 1.29 bits per heavy atom. The summed E-state index contributed by atoms with van der Waals surface area (Å²) >= 11 is 0. The number of carbonyl (C=O) groups excluding carboxylic acids is 2. The molecule has 3 N–H and O–H groups in total. The SMILES string of the molecule is COc1ccc2c(CC(=O)N[C@@H](CO)C(=O)Nc3ccon3)cc(=O)oc2c1. The number of methoxy groups -OCH3 is 1. The van der Waals surface area contributed by atoms with Crippen LogP contribution in [0.15, 0.2) is 50.3 Å². The lowest BCUT2D eigenvalue weighted by molar-refractivity contribution is -0.126. The second-order valence-electron chi connectivity index (χ2n) is 5.81. The number of amides is 2. The highest BCUT2D eigenvalue weighted by molar-refractivity contribution is 5.97. The zero-order valence-electron chi connectivity index (χ0n) is 14.8. The van der Waals surface area contributed by atoms with Crippen LogP contribution in [0, 0.1) is 0 Å². The summed E-state index contributed by atoms with van der Waals surface area (Å²) in [5, 5.41) is 18.3. The number of fused-ring (bicyclic) bond motifs is 1. The number of ether oxygens (including phenoxy) is 1. The Hall–Kier alpha value is -3.66. The van der Waals surface area contributed by atoms with Crippen LogP contribution >= 0.6 is 0 Å². The maximum Gasteiger partial charge on any atom is 0.336 e. The smallest absolute Gasteiger partial charge is 0.336 e. The first-order chi connectivity index (χ1) is 13.5. The van der Waals surface area contributed by atoms with Crippen molar-refractivity contribution in [2.24, 2.45) is 0 Å². The molecule has 10 heteroatoms. The molecule has 0 fully saturated rings. The van der Waals surface area contributed by atoms with Crippen molar-refractivity contribution in [3.63, 3.8) is 0 Å². The van der Waals surface area contributed by atoms with Crippen LogP contribution in [0.1, 0.15) is 5.56 Å². The van der Waals surface area contributed by atoms with Gasteiger partial charge in [-0.25, -0.2) is 4.79 Å². The molecular weight excluding hydrogens is 370 g/mol. The van der Waals surface area contributed by atoms with Gasteiger partial charge in [0, 0.05) is 23.6 Å². The van der Waals surface area contributed by atoms with E-state index in [1.165, 1.54) is 25.5 Å². The Morgan fingerprint density at radius 2 is 2.11 bits per heavy atom. The van der Waals surface area contributed by atoms with E-state index in [4.69, 9.17) is 9.15 Å². The lowest BCUT2D eigenvalue weighted by Crippen LogP contribution is -2.46. The molecule has 2 aromatic heterocycles. The lowest BCUT2D eigenvalue weighted by atomic mass is 10.1. The van der Waals surface area contributed by atoms with Crippen molar-refractivity contribution in [1.82, 2.24) is 10.5 Å². The van der Waals surface area contributed by atoms with Gasteiger partial charge in [-0.3, -0.25) is 9.59 Å². The van der Waals surface area contributed by atoms with Crippen LogP contribution in [0.2, 0.25) is 0 Å². The van der Waals surface area contributed by atoms with Crippen LogP contribution in [-0.4, -0.2) is 41.8 Å². The summed E-state index contributed by atoms with van der Waals surface area (Å²) in [5.41, 5.74) is 0.0724. The van der Waals surface area contributed by atoms with Crippen molar-refractivity contribution in [1.29, 1.82) is 0 Å². The molecule has 28 heavy (non-hydrogen) atoms. The molecule has 1 aromatic carbocycles. The van der Waals surface area contributed by atoms with Crippen LogP contribution < -0.4 is 21.0 Å². The molecule has 0 aliphatic heterocycles. The van der Waals surface area contributed by atoms with Gasteiger partial charge in [0.05, 0.1) is 20.1 Å². The second-order valence-corrected chi connectivity index (χ2v) is 5.81. The van der Waals surface area contributed by atoms with E-state index in [-0.39, 0.29) is 17.8 Å². The number of anilines is 1. The van der Waals surface area contributed by atoms with Gasteiger partial charge in [-0.15, -0.1) is 0 Å². The number of benzene rings is 1. The standard InChI is InChI=1S/C18H17N3O7/c1-26-11-2-3-12-10(7-17(24)28-14(12)8-11)6-16(23)19-13(9-22)18(25)20-15-4-5-27-21-15/h2-5,7-8,13,22H,6,9H2,1H3,(H,19,23)(H,20,21,25)/t13-/m0/s1. The molecule has 2 heterocycles. The van der Waals surface area contributed by atoms with Crippen molar-refractivity contribution >= 4 is 28.6 Å². The third-order valence-corrected chi connectivity index (χ3v) is 3.91. The van der Waals surface area contributed by atoms with Gasteiger partial charge in [0.25, 0.3) is 5.91 Å². The van der Waals surface area contributed by atoms with Crippen molar-refractivity contribution in [3.8, 4) is 5.75 Å². The summed E-state index contributed by atoms with van der Waals surface area (Å²) < 4.78 is 14.8. The molecule has 0 spiro atoms. The maximum atomic E-state index is 12.4. The zero-order valence-corrected chi connectivity index (χ0v) is 14.8.